The van der Waals surface area contributed by atoms with Crippen molar-refractivity contribution < 1.29 is 4.42 Å². The van der Waals surface area contributed by atoms with Gasteiger partial charge in [0.25, 0.3) is 0 Å². The van der Waals surface area contributed by atoms with E-state index < -0.39 is 0 Å². The lowest BCUT2D eigenvalue weighted by atomic mass is 9.86. The average molecular weight is 228 g/mol. The first-order chi connectivity index (χ1) is 8.15. The van der Waals surface area contributed by atoms with Gasteiger partial charge in [-0.2, -0.15) is 0 Å². The van der Waals surface area contributed by atoms with Crippen molar-refractivity contribution in [2.45, 2.75) is 33.6 Å². The van der Waals surface area contributed by atoms with Crippen LogP contribution in [0.1, 0.15) is 42.9 Å². The molecule has 90 valence electrons. The molecule has 0 aromatic carbocycles. The Kier molecular flexibility index (Phi) is 3.37. The summed E-state index contributed by atoms with van der Waals surface area (Å²) in [5.41, 5.74) is 3.97. The molecule has 1 aromatic rings. The number of hydrogen-bond donors (Lipinski definition) is 0. The molecule has 0 bridgehead atoms. The van der Waals surface area contributed by atoms with Crippen molar-refractivity contribution in [2.75, 3.05) is 0 Å². The van der Waals surface area contributed by atoms with Crippen LogP contribution in [-0.4, -0.2) is 0 Å². The van der Waals surface area contributed by atoms with Crippen LogP contribution in [0.15, 0.2) is 29.2 Å². The topological polar surface area (TPSA) is 13.1 Å². The van der Waals surface area contributed by atoms with E-state index in [-0.39, 0.29) is 0 Å². The van der Waals surface area contributed by atoms with Crippen LogP contribution in [-0.2, 0) is 6.42 Å². The number of fused-ring (bicyclic) bond motifs is 1. The van der Waals surface area contributed by atoms with Crippen LogP contribution >= 0.6 is 0 Å². The summed E-state index contributed by atoms with van der Waals surface area (Å²) in [6.45, 7) is 10.2. The van der Waals surface area contributed by atoms with E-state index in [0.717, 1.165) is 24.4 Å². The molecule has 0 atom stereocenters. The van der Waals surface area contributed by atoms with Crippen molar-refractivity contribution in [2.24, 2.45) is 5.92 Å². The first kappa shape index (κ1) is 12.0. The molecule has 1 heteroatoms. The Morgan fingerprint density at radius 1 is 1.41 bits per heavy atom. The van der Waals surface area contributed by atoms with Gasteiger partial charge in [0, 0.05) is 17.5 Å². The quantitative estimate of drug-likeness (QED) is 0.679. The number of aryl methyl sites for hydroxylation is 2. The maximum Gasteiger partial charge on any atom is 0.112 e. The Morgan fingerprint density at radius 3 is 2.82 bits per heavy atom. The molecule has 0 fully saturated rings. The van der Waals surface area contributed by atoms with E-state index in [0.29, 0.717) is 5.92 Å². The van der Waals surface area contributed by atoms with Gasteiger partial charge in [0.1, 0.15) is 11.5 Å². The Labute approximate surface area is 104 Å². The highest BCUT2D eigenvalue weighted by Crippen LogP contribution is 2.38. The van der Waals surface area contributed by atoms with Crippen molar-refractivity contribution in [3.63, 3.8) is 0 Å². The second-order valence-electron chi connectivity index (χ2n) is 4.82. The highest BCUT2D eigenvalue weighted by atomic mass is 16.3. The molecule has 2 rings (SSSR count). The maximum atomic E-state index is 5.89. The zero-order valence-electron chi connectivity index (χ0n) is 10.9. The predicted molar refractivity (Wildman–Crippen MR) is 73.8 cm³/mol. The first-order valence-corrected chi connectivity index (χ1v) is 6.27. The number of allylic oxidation sites excluding steroid dienone is 4. The summed E-state index contributed by atoms with van der Waals surface area (Å²) in [4.78, 5) is 0. The minimum Gasteiger partial charge on any atom is -0.465 e. The summed E-state index contributed by atoms with van der Waals surface area (Å²) < 4.78 is 5.89. The van der Waals surface area contributed by atoms with Crippen LogP contribution < -0.4 is 0 Å². The fourth-order valence-electron chi connectivity index (χ4n) is 2.46. The summed E-state index contributed by atoms with van der Waals surface area (Å²) in [7, 11) is 0. The second kappa shape index (κ2) is 4.79. The third-order valence-electron chi connectivity index (χ3n) is 3.25. The van der Waals surface area contributed by atoms with E-state index in [1.165, 1.54) is 16.7 Å². The summed E-state index contributed by atoms with van der Waals surface area (Å²) in [5, 5.41) is 0. The molecular formula is C16H20O. The summed E-state index contributed by atoms with van der Waals surface area (Å²) in [5.74, 6) is 2.71. The van der Waals surface area contributed by atoms with Gasteiger partial charge in [-0.15, -0.1) is 0 Å². The molecule has 1 nitrogen and oxygen atoms in total. The molecule has 17 heavy (non-hydrogen) atoms. The number of rotatable bonds is 3. The number of furan rings is 1. The molecule has 0 unspecified atom stereocenters. The van der Waals surface area contributed by atoms with Crippen LogP contribution in [0.4, 0.5) is 0 Å². The monoisotopic (exact) mass is 228 g/mol. The molecule has 1 heterocycles. The fourth-order valence-corrected chi connectivity index (χ4v) is 2.46. The zero-order chi connectivity index (χ0) is 12.4. The SMILES string of the molecule is C=C/C=C\c1c(C)oc2c1C(C(C)C)=CCC2. The van der Waals surface area contributed by atoms with E-state index >= 15 is 0 Å². The molecule has 0 radical (unpaired) electrons. The minimum atomic E-state index is 0.543. The molecule has 0 N–H and O–H groups in total. The predicted octanol–water partition coefficient (Wildman–Crippen LogP) is 4.77. The Balaban J connectivity index is 2.56. The van der Waals surface area contributed by atoms with E-state index in [9.17, 15) is 0 Å². The van der Waals surface area contributed by atoms with Gasteiger partial charge < -0.3 is 4.42 Å². The first-order valence-electron chi connectivity index (χ1n) is 6.27. The van der Waals surface area contributed by atoms with Crippen molar-refractivity contribution in [3.8, 4) is 0 Å². The highest BCUT2D eigenvalue weighted by molar-refractivity contribution is 5.79. The smallest absolute Gasteiger partial charge is 0.112 e. The standard InChI is InChI=1S/C16H20O/c1-5-6-8-14-12(4)17-15-10-7-9-13(11(2)3)16(14)15/h5-6,8-9,11H,1,7,10H2,2-4H3/b8-6-. The summed E-state index contributed by atoms with van der Waals surface area (Å²) in [6.07, 6.45) is 10.4. The van der Waals surface area contributed by atoms with Gasteiger partial charge >= 0.3 is 0 Å². The Hall–Kier alpha value is -1.50. The zero-order valence-corrected chi connectivity index (χ0v) is 10.9. The average Bonchev–Trinajstić information content (AvgIpc) is 2.61. The van der Waals surface area contributed by atoms with Gasteiger partial charge in [-0.25, -0.2) is 0 Å². The van der Waals surface area contributed by atoms with Crippen molar-refractivity contribution in [1.82, 2.24) is 0 Å². The maximum absolute atomic E-state index is 5.89. The largest absolute Gasteiger partial charge is 0.465 e. The third-order valence-corrected chi connectivity index (χ3v) is 3.25. The minimum absolute atomic E-state index is 0.543. The van der Waals surface area contributed by atoms with Crippen LogP contribution in [0.5, 0.6) is 0 Å². The van der Waals surface area contributed by atoms with Gasteiger partial charge in [0.05, 0.1) is 0 Å². The lowest BCUT2D eigenvalue weighted by molar-refractivity contribution is 0.480. The molecule has 1 aliphatic rings. The van der Waals surface area contributed by atoms with Crippen molar-refractivity contribution in [1.29, 1.82) is 0 Å². The molecule has 0 amide bonds. The van der Waals surface area contributed by atoms with E-state index in [1.54, 1.807) is 6.08 Å². The second-order valence-corrected chi connectivity index (χ2v) is 4.82. The van der Waals surface area contributed by atoms with Crippen LogP contribution in [0.3, 0.4) is 0 Å². The fraction of sp³-hybridized carbons (Fsp3) is 0.375. The normalized spacial score (nSPS) is 15.2. The van der Waals surface area contributed by atoms with Crippen LogP contribution in [0.2, 0.25) is 0 Å². The Morgan fingerprint density at radius 2 is 2.18 bits per heavy atom. The van der Waals surface area contributed by atoms with Crippen LogP contribution in [0, 0.1) is 12.8 Å². The molecule has 0 saturated carbocycles. The van der Waals surface area contributed by atoms with Gasteiger partial charge in [0.15, 0.2) is 0 Å². The molecule has 0 saturated heterocycles. The van der Waals surface area contributed by atoms with Crippen LogP contribution in [0.25, 0.3) is 11.6 Å². The van der Waals surface area contributed by atoms with E-state index in [2.05, 4.69) is 32.6 Å². The molecule has 1 aromatic heterocycles. The van der Waals surface area contributed by atoms with Gasteiger partial charge in [-0.3, -0.25) is 0 Å². The van der Waals surface area contributed by atoms with Crippen molar-refractivity contribution >= 4 is 11.6 Å². The summed E-state index contributed by atoms with van der Waals surface area (Å²) in [6, 6.07) is 0. The lowest BCUT2D eigenvalue weighted by Crippen LogP contribution is -2.02. The molecule has 1 aliphatic carbocycles. The third kappa shape index (κ3) is 2.14. The van der Waals surface area contributed by atoms with E-state index in [4.69, 9.17) is 4.42 Å². The van der Waals surface area contributed by atoms with Gasteiger partial charge in [-0.05, 0) is 24.8 Å². The number of hydrogen-bond acceptors (Lipinski definition) is 1. The molecule has 0 aliphatic heterocycles. The van der Waals surface area contributed by atoms with Gasteiger partial charge in [0.2, 0.25) is 0 Å². The molecule has 0 spiro atoms. The highest BCUT2D eigenvalue weighted by Gasteiger charge is 2.23. The van der Waals surface area contributed by atoms with Crippen molar-refractivity contribution in [3.05, 3.63) is 47.5 Å². The van der Waals surface area contributed by atoms with Gasteiger partial charge in [-0.1, -0.05) is 44.7 Å². The summed E-state index contributed by atoms with van der Waals surface area (Å²) >= 11 is 0. The Bertz CT molecular complexity index is 484. The van der Waals surface area contributed by atoms with E-state index in [1.807, 2.05) is 13.0 Å². The molecular weight excluding hydrogens is 208 g/mol. The lowest BCUT2D eigenvalue weighted by Gasteiger charge is -2.17.